The summed E-state index contributed by atoms with van der Waals surface area (Å²) >= 11 is 0. The molecule has 1 N–H and O–H groups in total. The molecule has 0 atom stereocenters. The van der Waals surface area contributed by atoms with Crippen LogP contribution in [0.4, 0.5) is 4.79 Å². The molecule has 2 aliphatic heterocycles. The molecule has 5 rings (SSSR count). The second-order valence-electron chi connectivity index (χ2n) is 8.37. The van der Waals surface area contributed by atoms with Gasteiger partial charge in [0.25, 0.3) is 17.7 Å². The average molecular weight is 453 g/mol. The lowest BCUT2D eigenvalue weighted by molar-refractivity contribution is -0.125. The van der Waals surface area contributed by atoms with Gasteiger partial charge in [-0.2, -0.15) is 0 Å². The number of rotatable bonds is 7. The van der Waals surface area contributed by atoms with E-state index in [0.717, 1.165) is 0 Å². The molecule has 7 nitrogen and oxygen atoms in total. The first-order chi connectivity index (χ1) is 16.5. The van der Waals surface area contributed by atoms with Gasteiger partial charge in [0.05, 0.1) is 11.1 Å². The molecule has 2 heterocycles. The van der Waals surface area contributed by atoms with Crippen molar-refractivity contribution in [2.45, 2.75) is 18.4 Å². The lowest BCUT2D eigenvalue weighted by atomic mass is 9.81. The first-order valence-corrected chi connectivity index (χ1v) is 11.2. The predicted molar refractivity (Wildman–Crippen MR) is 125 cm³/mol. The number of unbranched alkanes of at least 4 members (excludes halogenated alkanes) is 1. The molecule has 1 fully saturated rings. The fraction of sp³-hybridized carbons (Fsp3) is 0.185. The third-order valence-corrected chi connectivity index (χ3v) is 6.47. The van der Waals surface area contributed by atoms with Crippen molar-refractivity contribution in [3.63, 3.8) is 0 Å². The van der Waals surface area contributed by atoms with Crippen molar-refractivity contribution in [2.75, 3.05) is 13.1 Å². The van der Waals surface area contributed by atoms with E-state index in [1.165, 1.54) is 4.90 Å². The van der Waals surface area contributed by atoms with Gasteiger partial charge in [-0.1, -0.05) is 72.8 Å². The zero-order valence-electron chi connectivity index (χ0n) is 18.4. The van der Waals surface area contributed by atoms with Crippen molar-refractivity contribution in [3.8, 4) is 0 Å². The highest BCUT2D eigenvalue weighted by molar-refractivity contribution is 6.21. The summed E-state index contributed by atoms with van der Waals surface area (Å²) in [6, 6.07) is 24.8. The molecule has 0 radical (unpaired) electrons. The summed E-state index contributed by atoms with van der Waals surface area (Å²) in [6.07, 6.45) is 1.01. The third-order valence-electron chi connectivity index (χ3n) is 6.47. The average Bonchev–Trinajstić information content (AvgIpc) is 3.27. The number of benzene rings is 3. The van der Waals surface area contributed by atoms with E-state index in [4.69, 9.17) is 0 Å². The number of amides is 5. The van der Waals surface area contributed by atoms with E-state index < -0.39 is 17.5 Å². The van der Waals surface area contributed by atoms with Gasteiger partial charge in [0, 0.05) is 13.1 Å². The van der Waals surface area contributed by atoms with E-state index in [-0.39, 0.29) is 24.9 Å². The van der Waals surface area contributed by atoms with Crippen molar-refractivity contribution in [3.05, 3.63) is 107 Å². The van der Waals surface area contributed by atoms with Crippen LogP contribution in [0.5, 0.6) is 0 Å². The predicted octanol–water partition coefficient (Wildman–Crippen LogP) is 3.56. The highest BCUT2D eigenvalue weighted by Crippen LogP contribution is 2.40. The van der Waals surface area contributed by atoms with Crippen LogP contribution in [0, 0.1) is 0 Å². The van der Waals surface area contributed by atoms with Gasteiger partial charge >= 0.3 is 6.03 Å². The molecule has 3 aromatic carbocycles. The first kappa shape index (κ1) is 21.6. The minimum Gasteiger partial charge on any atom is -0.302 e. The van der Waals surface area contributed by atoms with Crippen LogP contribution in [0.15, 0.2) is 84.9 Å². The standard InChI is InChI=1S/C27H23N3O4/c31-23-21-15-7-8-16-22(21)24(32)29(23)17-9-10-18-30-26(34)28-25(33)27(30,19-11-3-1-4-12-19)20-13-5-2-6-14-20/h1-8,11-16H,9-10,17-18H2,(H,28,33,34). The number of fused-ring (bicyclic) bond motifs is 1. The zero-order chi connectivity index (χ0) is 23.7. The molecule has 1 saturated heterocycles. The Morgan fingerprint density at radius 3 is 1.62 bits per heavy atom. The van der Waals surface area contributed by atoms with Crippen LogP contribution >= 0.6 is 0 Å². The normalized spacial score (nSPS) is 16.7. The van der Waals surface area contributed by atoms with Gasteiger partial charge in [0.15, 0.2) is 5.54 Å². The highest BCUT2D eigenvalue weighted by atomic mass is 16.2. The maximum Gasteiger partial charge on any atom is 0.325 e. The first-order valence-electron chi connectivity index (χ1n) is 11.2. The SMILES string of the molecule is O=C1c2ccccc2C(=O)N1CCCCN1C(=O)NC(=O)C1(c1ccccc1)c1ccccc1. The highest BCUT2D eigenvalue weighted by Gasteiger charge is 2.55. The van der Waals surface area contributed by atoms with E-state index in [1.807, 2.05) is 60.7 Å². The second kappa shape index (κ2) is 8.59. The zero-order valence-corrected chi connectivity index (χ0v) is 18.4. The van der Waals surface area contributed by atoms with Crippen LogP contribution in [0.1, 0.15) is 44.7 Å². The number of hydrogen-bond donors (Lipinski definition) is 1. The molecule has 0 bridgehead atoms. The Hall–Kier alpha value is -4.26. The molecule has 0 saturated carbocycles. The Balaban J connectivity index is 1.36. The Morgan fingerprint density at radius 1 is 0.618 bits per heavy atom. The molecular weight excluding hydrogens is 430 g/mol. The largest absolute Gasteiger partial charge is 0.325 e. The topological polar surface area (TPSA) is 86.8 Å². The van der Waals surface area contributed by atoms with Crippen molar-refractivity contribution in [2.24, 2.45) is 0 Å². The minimum absolute atomic E-state index is 0.249. The molecule has 0 aliphatic carbocycles. The Bertz CT molecular complexity index is 1200. The minimum atomic E-state index is -1.28. The summed E-state index contributed by atoms with van der Waals surface area (Å²) in [7, 11) is 0. The van der Waals surface area contributed by atoms with Gasteiger partial charge in [-0.05, 0) is 36.1 Å². The van der Waals surface area contributed by atoms with Gasteiger partial charge in [-0.25, -0.2) is 4.79 Å². The van der Waals surface area contributed by atoms with Crippen LogP contribution < -0.4 is 5.32 Å². The third kappa shape index (κ3) is 3.28. The van der Waals surface area contributed by atoms with Crippen LogP contribution in [0.25, 0.3) is 0 Å². The van der Waals surface area contributed by atoms with Gasteiger partial charge in [-0.3, -0.25) is 24.6 Å². The number of carbonyl (C=O) groups is 4. The molecule has 3 aromatic rings. The molecule has 170 valence electrons. The van der Waals surface area contributed by atoms with Crippen molar-refractivity contribution in [1.29, 1.82) is 0 Å². The Labute approximate surface area is 197 Å². The lowest BCUT2D eigenvalue weighted by Gasteiger charge is -2.36. The van der Waals surface area contributed by atoms with Gasteiger partial charge in [0.2, 0.25) is 0 Å². The van der Waals surface area contributed by atoms with E-state index in [2.05, 4.69) is 5.32 Å². The molecule has 0 spiro atoms. The fourth-order valence-corrected chi connectivity index (χ4v) is 4.88. The molecular formula is C27H23N3O4. The number of urea groups is 1. The summed E-state index contributed by atoms with van der Waals surface area (Å²) in [5, 5.41) is 2.49. The summed E-state index contributed by atoms with van der Waals surface area (Å²) in [5.74, 6) is -0.981. The van der Waals surface area contributed by atoms with Gasteiger partial charge in [-0.15, -0.1) is 0 Å². The van der Waals surface area contributed by atoms with Crippen molar-refractivity contribution < 1.29 is 19.2 Å². The van der Waals surface area contributed by atoms with E-state index in [9.17, 15) is 19.2 Å². The lowest BCUT2D eigenvalue weighted by Crippen LogP contribution is -2.48. The van der Waals surface area contributed by atoms with Gasteiger partial charge in [0.1, 0.15) is 0 Å². The molecule has 7 heteroatoms. The molecule has 2 aliphatic rings. The second-order valence-corrected chi connectivity index (χ2v) is 8.37. The number of carbonyl (C=O) groups excluding carboxylic acids is 4. The maximum absolute atomic E-state index is 13.3. The van der Waals surface area contributed by atoms with E-state index in [1.54, 1.807) is 29.2 Å². The molecule has 34 heavy (non-hydrogen) atoms. The maximum atomic E-state index is 13.3. The summed E-state index contributed by atoms with van der Waals surface area (Å²) < 4.78 is 0. The van der Waals surface area contributed by atoms with Crippen molar-refractivity contribution in [1.82, 2.24) is 15.1 Å². The Kier molecular flexibility index (Phi) is 5.45. The smallest absolute Gasteiger partial charge is 0.302 e. The van der Waals surface area contributed by atoms with Crippen LogP contribution in [-0.2, 0) is 10.3 Å². The fourth-order valence-electron chi connectivity index (χ4n) is 4.88. The van der Waals surface area contributed by atoms with E-state index in [0.29, 0.717) is 35.1 Å². The number of nitrogens with zero attached hydrogens (tertiary/aromatic N) is 2. The quantitative estimate of drug-likeness (QED) is 0.337. The monoisotopic (exact) mass is 453 g/mol. The van der Waals surface area contributed by atoms with Crippen LogP contribution in [-0.4, -0.2) is 46.6 Å². The van der Waals surface area contributed by atoms with Crippen molar-refractivity contribution >= 4 is 23.8 Å². The molecule has 0 unspecified atom stereocenters. The summed E-state index contributed by atoms with van der Waals surface area (Å²) in [6.45, 7) is 0.532. The number of hydrogen-bond acceptors (Lipinski definition) is 4. The molecule has 0 aromatic heterocycles. The van der Waals surface area contributed by atoms with Crippen LogP contribution in [0.3, 0.4) is 0 Å². The van der Waals surface area contributed by atoms with Crippen LogP contribution in [0.2, 0.25) is 0 Å². The summed E-state index contributed by atoms with van der Waals surface area (Å²) in [5.41, 5.74) is 0.956. The Morgan fingerprint density at radius 2 is 1.09 bits per heavy atom. The molecule has 5 amide bonds. The number of imide groups is 2. The van der Waals surface area contributed by atoms with E-state index >= 15 is 0 Å². The number of nitrogens with one attached hydrogen (secondary N) is 1. The summed E-state index contributed by atoms with van der Waals surface area (Å²) in [4.78, 5) is 54.3. The van der Waals surface area contributed by atoms with Gasteiger partial charge < -0.3 is 4.90 Å².